The molecule has 0 aliphatic heterocycles. The van der Waals surface area contributed by atoms with Crippen LogP contribution in [0.4, 0.5) is 5.69 Å². The van der Waals surface area contributed by atoms with E-state index in [4.69, 9.17) is 0 Å². The normalized spacial score (nSPS) is 11.3. The number of hydrogen-bond donors (Lipinski definition) is 2. The Bertz CT molecular complexity index is 509. The van der Waals surface area contributed by atoms with Crippen LogP contribution >= 0.6 is 0 Å². The van der Waals surface area contributed by atoms with E-state index in [0.29, 0.717) is 0 Å². The highest BCUT2D eigenvalue weighted by Crippen LogP contribution is 2.20. The first-order valence-corrected chi connectivity index (χ1v) is 7.19. The zero-order valence-corrected chi connectivity index (χ0v) is 12.6. The predicted octanol–water partition coefficient (Wildman–Crippen LogP) is 4.15. The molecule has 0 atom stereocenters. The van der Waals surface area contributed by atoms with Gasteiger partial charge in [-0.25, -0.2) is 0 Å². The molecule has 0 spiro atoms. The average Bonchev–Trinajstić information content (AvgIpc) is 2.44. The van der Waals surface area contributed by atoms with Gasteiger partial charge in [0.1, 0.15) is 0 Å². The summed E-state index contributed by atoms with van der Waals surface area (Å²) >= 11 is 0. The number of nitrogens with one attached hydrogen (secondary N) is 2. The molecular weight excluding hydrogens is 244 g/mol. The van der Waals surface area contributed by atoms with Crippen molar-refractivity contribution in [3.05, 3.63) is 54.6 Å². The Kier molecular flexibility index (Phi) is 4.80. The van der Waals surface area contributed by atoms with Crippen LogP contribution in [0.3, 0.4) is 0 Å². The smallest absolute Gasteiger partial charge is 0.0341 e. The first kappa shape index (κ1) is 14.6. The van der Waals surface area contributed by atoms with E-state index in [1.165, 1.54) is 16.8 Å². The highest BCUT2D eigenvalue weighted by atomic mass is 15.0. The predicted molar refractivity (Wildman–Crippen MR) is 88.1 cm³/mol. The lowest BCUT2D eigenvalue weighted by molar-refractivity contribution is 0.435. The summed E-state index contributed by atoms with van der Waals surface area (Å²) in [4.78, 5) is 0. The molecule has 2 nitrogen and oxygen atoms in total. The standard InChI is InChI=1S/C18H24N2/c1-18(2,3)20-14-13-19-17-11-9-16(10-12-17)15-7-5-4-6-8-15/h4-12,19-20H,13-14H2,1-3H3. The SMILES string of the molecule is CC(C)(C)NCCNc1ccc(-c2ccccc2)cc1. The molecule has 0 aromatic heterocycles. The van der Waals surface area contributed by atoms with Crippen molar-refractivity contribution in [1.29, 1.82) is 0 Å². The Balaban J connectivity index is 1.86. The summed E-state index contributed by atoms with van der Waals surface area (Å²) in [6.45, 7) is 8.44. The zero-order chi connectivity index (χ0) is 14.4. The number of anilines is 1. The molecular formula is C18H24N2. The van der Waals surface area contributed by atoms with Crippen molar-refractivity contribution in [1.82, 2.24) is 5.32 Å². The third-order valence-corrected chi connectivity index (χ3v) is 3.10. The Morgan fingerprint density at radius 1 is 0.750 bits per heavy atom. The maximum absolute atomic E-state index is 3.47. The summed E-state index contributed by atoms with van der Waals surface area (Å²) in [5.74, 6) is 0. The fourth-order valence-electron chi connectivity index (χ4n) is 2.06. The maximum Gasteiger partial charge on any atom is 0.0341 e. The first-order valence-electron chi connectivity index (χ1n) is 7.19. The quantitative estimate of drug-likeness (QED) is 0.796. The van der Waals surface area contributed by atoms with Crippen molar-refractivity contribution in [2.75, 3.05) is 18.4 Å². The first-order chi connectivity index (χ1) is 9.54. The van der Waals surface area contributed by atoms with Crippen molar-refractivity contribution in [3.63, 3.8) is 0 Å². The van der Waals surface area contributed by atoms with Gasteiger partial charge in [0.05, 0.1) is 0 Å². The van der Waals surface area contributed by atoms with E-state index in [2.05, 4.69) is 79.9 Å². The molecule has 2 rings (SSSR count). The lowest BCUT2D eigenvalue weighted by Gasteiger charge is -2.20. The van der Waals surface area contributed by atoms with Gasteiger partial charge in [-0.3, -0.25) is 0 Å². The lowest BCUT2D eigenvalue weighted by Crippen LogP contribution is -2.38. The maximum atomic E-state index is 3.47. The molecule has 2 N–H and O–H groups in total. The van der Waals surface area contributed by atoms with Gasteiger partial charge in [0, 0.05) is 24.3 Å². The topological polar surface area (TPSA) is 24.1 Å². The van der Waals surface area contributed by atoms with Crippen LogP contribution in [0.2, 0.25) is 0 Å². The van der Waals surface area contributed by atoms with Gasteiger partial charge in [-0.1, -0.05) is 42.5 Å². The molecule has 0 bridgehead atoms. The highest BCUT2D eigenvalue weighted by molar-refractivity contribution is 5.65. The third-order valence-electron chi connectivity index (χ3n) is 3.10. The van der Waals surface area contributed by atoms with Gasteiger partial charge >= 0.3 is 0 Å². The van der Waals surface area contributed by atoms with Crippen molar-refractivity contribution in [3.8, 4) is 11.1 Å². The molecule has 2 heteroatoms. The van der Waals surface area contributed by atoms with Crippen molar-refractivity contribution in [2.24, 2.45) is 0 Å². The van der Waals surface area contributed by atoms with Gasteiger partial charge in [0.25, 0.3) is 0 Å². The van der Waals surface area contributed by atoms with Crippen LogP contribution in [0.25, 0.3) is 11.1 Å². The number of rotatable bonds is 5. The molecule has 0 fully saturated rings. The molecule has 20 heavy (non-hydrogen) atoms. The second-order valence-electron chi connectivity index (χ2n) is 6.05. The monoisotopic (exact) mass is 268 g/mol. The van der Waals surface area contributed by atoms with E-state index >= 15 is 0 Å². The number of benzene rings is 2. The molecule has 2 aromatic carbocycles. The molecule has 0 heterocycles. The van der Waals surface area contributed by atoms with E-state index in [0.717, 1.165) is 13.1 Å². The minimum Gasteiger partial charge on any atom is -0.384 e. The molecule has 0 aliphatic rings. The summed E-state index contributed by atoms with van der Waals surface area (Å²) in [5.41, 5.74) is 3.86. The fourth-order valence-corrected chi connectivity index (χ4v) is 2.06. The van der Waals surface area contributed by atoms with Crippen molar-refractivity contribution in [2.45, 2.75) is 26.3 Å². The Labute approximate surface area is 122 Å². The van der Waals surface area contributed by atoms with Crippen LogP contribution in [0.15, 0.2) is 54.6 Å². The Morgan fingerprint density at radius 3 is 1.95 bits per heavy atom. The van der Waals surface area contributed by atoms with Crippen LogP contribution in [-0.4, -0.2) is 18.6 Å². The van der Waals surface area contributed by atoms with Crippen LogP contribution in [0.5, 0.6) is 0 Å². The summed E-state index contributed by atoms with van der Waals surface area (Å²) in [6.07, 6.45) is 0. The molecule has 0 radical (unpaired) electrons. The summed E-state index contributed by atoms with van der Waals surface area (Å²) in [7, 11) is 0. The third kappa shape index (κ3) is 4.71. The van der Waals surface area contributed by atoms with Crippen LogP contribution in [-0.2, 0) is 0 Å². The van der Waals surface area contributed by atoms with Crippen molar-refractivity contribution < 1.29 is 0 Å². The fraction of sp³-hybridized carbons (Fsp3) is 0.333. The molecule has 2 aromatic rings. The Morgan fingerprint density at radius 2 is 1.35 bits per heavy atom. The minimum atomic E-state index is 0.179. The largest absolute Gasteiger partial charge is 0.384 e. The van der Waals surface area contributed by atoms with Gasteiger partial charge in [-0.2, -0.15) is 0 Å². The van der Waals surface area contributed by atoms with E-state index < -0.39 is 0 Å². The van der Waals surface area contributed by atoms with E-state index in [9.17, 15) is 0 Å². The van der Waals surface area contributed by atoms with Gasteiger partial charge in [-0.15, -0.1) is 0 Å². The van der Waals surface area contributed by atoms with Gasteiger partial charge in [0.2, 0.25) is 0 Å². The minimum absolute atomic E-state index is 0.179. The number of hydrogen-bond acceptors (Lipinski definition) is 2. The molecule has 0 unspecified atom stereocenters. The second kappa shape index (κ2) is 6.58. The second-order valence-corrected chi connectivity index (χ2v) is 6.05. The van der Waals surface area contributed by atoms with E-state index in [1.807, 2.05) is 6.07 Å². The van der Waals surface area contributed by atoms with Crippen molar-refractivity contribution >= 4 is 5.69 Å². The van der Waals surface area contributed by atoms with Crippen LogP contribution < -0.4 is 10.6 Å². The van der Waals surface area contributed by atoms with Gasteiger partial charge < -0.3 is 10.6 Å². The Hall–Kier alpha value is -1.80. The molecule has 106 valence electrons. The molecule has 0 aliphatic carbocycles. The molecule has 0 saturated carbocycles. The van der Waals surface area contributed by atoms with Crippen LogP contribution in [0.1, 0.15) is 20.8 Å². The lowest BCUT2D eigenvalue weighted by atomic mass is 10.1. The zero-order valence-electron chi connectivity index (χ0n) is 12.6. The van der Waals surface area contributed by atoms with Gasteiger partial charge in [0.15, 0.2) is 0 Å². The van der Waals surface area contributed by atoms with E-state index in [1.54, 1.807) is 0 Å². The summed E-state index contributed by atoms with van der Waals surface area (Å²) < 4.78 is 0. The highest BCUT2D eigenvalue weighted by Gasteiger charge is 2.06. The average molecular weight is 268 g/mol. The van der Waals surface area contributed by atoms with Crippen LogP contribution in [0, 0.1) is 0 Å². The van der Waals surface area contributed by atoms with Gasteiger partial charge in [-0.05, 0) is 44.0 Å². The molecule has 0 amide bonds. The molecule has 0 saturated heterocycles. The van der Waals surface area contributed by atoms with E-state index in [-0.39, 0.29) is 5.54 Å². The summed E-state index contributed by atoms with van der Waals surface area (Å²) in [6, 6.07) is 19.1. The summed E-state index contributed by atoms with van der Waals surface area (Å²) in [5, 5.41) is 6.90.